The number of carbonyl (C=O) groups is 1. The molecule has 1 rings (SSSR count). The average molecular weight is 372 g/mol. The molecule has 1 aromatic carbocycles. The third-order valence-electron chi connectivity index (χ3n) is 2.80. The van der Waals surface area contributed by atoms with Gasteiger partial charge in [0.25, 0.3) is 0 Å². The first-order valence-electron chi connectivity index (χ1n) is 5.78. The van der Waals surface area contributed by atoms with E-state index in [2.05, 4.69) is 4.72 Å². The minimum absolute atomic E-state index is 0.115. The van der Waals surface area contributed by atoms with E-state index in [0.29, 0.717) is 0 Å². The lowest BCUT2D eigenvalue weighted by Gasteiger charge is -2.22. The smallest absolute Gasteiger partial charge is 0.338 e. The molecule has 0 aliphatic carbocycles. The zero-order chi connectivity index (χ0) is 16.4. The molecule has 0 spiro atoms. The second-order valence-corrected chi connectivity index (χ2v) is 8.86. The zero-order valence-corrected chi connectivity index (χ0v) is 14.8. The molecule has 0 aromatic heterocycles. The van der Waals surface area contributed by atoms with Crippen molar-refractivity contribution in [3.8, 4) is 0 Å². The van der Waals surface area contributed by atoms with Gasteiger partial charge in [0.05, 0.1) is 15.6 Å². The van der Waals surface area contributed by atoms with Crippen LogP contribution in [0.2, 0.25) is 10.0 Å². The first-order chi connectivity index (χ1) is 9.52. The van der Waals surface area contributed by atoms with E-state index in [1.165, 1.54) is 23.9 Å². The number of rotatable bonds is 6. The van der Waals surface area contributed by atoms with E-state index < -0.39 is 26.6 Å². The number of benzene rings is 1. The van der Waals surface area contributed by atoms with Crippen LogP contribution in [0.5, 0.6) is 0 Å². The van der Waals surface area contributed by atoms with Crippen LogP contribution in [0.1, 0.15) is 24.2 Å². The standard InChI is InChI=1S/C12H15Cl2NO4S2/c1-12(2,20-3)6-15-21(18,19)8-5-4-7(13)9(10(8)14)11(16)17/h4-5,15H,6H2,1-3H3,(H,16,17). The van der Waals surface area contributed by atoms with E-state index in [0.717, 1.165) is 0 Å². The molecule has 1 aromatic rings. The number of hydrogen-bond acceptors (Lipinski definition) is 4. The quantitative estimate of drug-likeness (QED) is 0.802. The fourth-order valence-corrected chi connectivity index (χ4v) is 3.79. The molecular formula is C12H15Cl2NO4S2. The van der Waals surface area contributed by atoms with Gasteiger partial charge in [0.15, 0.2) is 0 Å². The molecule has 0 aliphatic rings. The summed E-state index contributed by atoms with van der Waals surface area (Å²) in [7, 11) is -3.92. The van der Waals surface area contributed by atoms with Crippen molar-refractivity contribution < 1.29 is 18.3 Å². The van der Waals surface area contributed by atoms with E-state index in [-0.39, 0.29) is 21.2 Å². The molecule has 118 valence electrons. The van der Waals surface area contributed by atoms with E-state index in [4.69, 9.17) is 28.3 Å². The van der Waals surface area contributed by atoms with Crippen molar-refractivity contribution >= 4 is 51.0 Å². The fourth-order valence-electron chi connectivity index (χ4n) is 1.36. The highest BCUT2D eigenvalue weighted by Crippen LogP contribution is 2.31. The van der Waals surface area contributed by atoms with Crippen molar-refractivity contribution in [3.63, 3.8) is 0 Å². The van der Waals surface area contributed by atoms with Gasteiger partial charge in [-0.15, -0.1) is 0 Å². The summed E-state index contributed by atoms with van der Waals surface area (Å²) in [5.74, 6) is -1.38. The number of carboxylic acid groups (broad SMARTS) is 1. The first-order valence-corrected chi connectivity index (χ1v) is 9.24. The molecule has 0 aliphatic heterocycles. The van der Waals surface area contributed by atoms with Gasteiger partial charge < -0.3 is 5.11 Å². The molecule has 0 saturated heterocycles. The van der Waals surface area contributed by atoms with Gasteiger partial charge in [-0.2, -0.15) is 11.8 Å². The van der Waals surface area contributed by atoms with Crippen molar-refractivity contribution in [1.82, 2.24) is 4.72 Å². The van der Waals surface area contributed by atoms with Crippen molar-refractivity contribution in [2.45, 2.75) is 23.5 Å². The molecule has 21 heavy (non-hydrogen) atoms. The van der Waals surface area contributed by atoms with Gasteiger partial charge in [-0.25, -0.2) is 17.9 Å². The molecule has 0 heterocycles. The number of thioether (sulfide) groups is 1. The summed E-state index contributed by atoms with van der Waals surface area (Å²) < 4.78 is 26.6. The average Bonchev–Trinajstić information content (AvgIpc) is 2.36. The molecule has 0 atom stereocenters. The van der Waals surface area contributed by atoms with Crippen LogP contribution in [-0.4, -0.2) is 37.0 Å². The maximum Gasteiger partial charge on any atom is 0.338 e. The monoisotopic (exact) mass is 371 g/mol. The first kappa shape index (κ1) is 18.6. The predicted octanol–water partition coefficient (Wildman–Crippen LogP) is 3.11. The van der Waals surface area contributed by atoms with Gasteiger partial charge in [-0.3, -0.25) is 0 Å². The molecular weight excluding hydrogens is 357 g/mol. The number of carboxylic acids is 1. The Balaban J connectivity index is 3.22. The Morgan fingerprint density at radius 3 is 2.43 bits per heavy atom. The van der Waals surface area contributed by atoms with E-state index in [1.54, 1.807) is 0 Å². The summed E-state index contributed by atoms with van der Waals surface area (Å²) >= 11 is 13.1. The lowest BCUT2D eigenvalue weighted by atomic mass is 10.2. The topological polar surface area (TPSA) is 83.5 Å². The SMILES string of the molecule is CSC(C)(C)CNS(=O)(=O)c1ccc(Cl)c(C(=O)O)c1Cl. The second-order valence-electron chi connectivity index (χ2n) is 4.83. The maximum atomic E-state index is 12.3. The molecule has 0 saturated carbocycles. The number of aromatic carboxylic acids is 1. The van der Waals surface area contributed by atoms with Crippen molar-refractivity contribution in [2.75, 3.05) is 12.8 Å². The molecule has 0 fully saturated rings. The Bertz CT molecular complexity index is 659. The van der Waals surface area contributed by atoms with Crippen LogP contribution in [-0.2, 0) is 10.0 Å². The van der Waals surface area contributed by atoms with Gasteiger partial charge in [-0.05, 0) is 32.2 Å². The van der Waals surface area contributed by atoms with Crippen LogP contribution < -0.4 is 4.72 Å². The van der Waals surface area contributed by atoms with Crippen LogP contribution in [0.15, 0.2) is 17.0 Å². The number of nitrogens with one attached hydrogen (secondary N) is 1. The summed E-state index contributed by atoms with van der Waals surface area (Å²) in [6.45, 7) is 3.94. The molecule has 0 radical (unpaired) electrons. The van der Waals surface area contributed by atoms with Crippen molar-refractivity contribution in [1.29, 1.82) is 0 Å². The molecule has 9 heteroatoms. The largest absolute Gasteiger partial charge is 0.478 e. The number of sulfonamides is 1. The highest BCUT2D eigenvalue weighted by molar-refractivity contribution is 8.00. The Morgan fingerprint density at radius 2 is 1.95 bits per heavy atom. The minimum Gasteiger partial charge on any atom is -0.478 e. The Morgan fingerprint density at radius 1 is 1.38 bits per heavy atom. The third kappa shape index (κ3) is 4.50. The summed E-state index contributed by atoms with van der Waals surface area (Å²) in [6, 6.07) is 2.39. The van der Waals surface area contributed by atoms with Gasteiger partial charge in [0.1, 0.15) is 4.90 Å². The molecule has 0 bridgehead atoms. The van der Waals surface area contributed by atoms with Gasteiger partial charge in [0.2, 0.25) is 10.0 Å². The molecule has 0 unspecified atom stereocenters. The minimum atomic E-state index is -3.92. The van der Waals surface area contributed by atoms with Crippen LogP contribution in [0.25, 0.3) is 0 Å². The predicted molar refractivity (Wildman–Crippen MR) is 86.2 cm³/mol. The maximum absolute atomic E-state index is 12.3. The van der Waals surface area contributed by atoms with Gasteiger partial charge in [-0.1, -0.05) is 23.2 Å². The molecule has 0 amide bonds. The van der Waals surface area contributed by atoms with Crippen molar-refractivity contribution in [2.24, 2.45) is 0 Å². The summed E-state index contributed by atoms with van der Waals surface area (Å²) in [6.07, 6.45) is 1.87. The summed E-state index contributed by atoms with van der Waals surface area (Å²) in [5, 5.41) is 8.53. The number of hydrogen-bond donors (Lipinski definition) is 2. The second kappa shape index (κ2) is 6.75. The Labute approximate surface area is 138 Å². The summed E-state index contributed by atoms with van der Waals surface area (Å²) in [4.78, 5) is 10.8. The van der Waals surface area contributed by atoms with E-state index in [1.807, 2.05) is 20.1 Å². The molecule has 2 N–H and O–H groups in total. The van der Waals surface area contributed by atoms with Crippen LogP contribution in [0.4, 0.5) is 0 Å². The normalized spacial score (nSPS) is 12.4. The molecule has 5 nitrogen and oxygen atoms in total. The number of halogens is 2. The highest BCUT2D eigenvalue weighted by Gasteiger charge is 2.26. The fraction of sp³-hybridized carbons (Fsp3) is 0.417. The lowest BCUT2D eigenvalue weighted by Crippen LogP contribution is -2.36. The Hall–Kier alpha value is -0.470. The highest BCUT2D eigenvalue weighted by atomic mass is 35.5. The lowest BCUT2D eigenvalue weighted by molar-refractivity contribution is 0.0697. The van der Waals surface area contributed by atoms with Gasteiger partial charge in [0, 0.05) is 11.3 Å². The van der Waals surface area contributed by atoms with Gasteiger partial charge >= 0.3 is 5.97 Å². The Kier molecular flexibility index (Phi) is 5.97. The van der Waals surface area contributed by atoms with E-state index >= 15 is 0 Å². The van der Waals surface area contributed by atoms with E-state index in [9.17, 15) is 13.2 Å². The van der Waals surface area contributed by atoms with Crippen LogP contribution in [0.3, 0.4) is 0 Å². The summed E-state index contributed by atoms with van der Waals surface area (Å²) in [5.41, 5.74) is -0.426. The van der Waals surface area contributed by atoms with Crippen LogP contribution >= 0.6 is 35.0 Å². The van der Waals surface area contributed by atoms with Crippen LogP contribution in [0, 0.1) is 0 Å². The zero-order valence-electron chi connectivity index (χ0n) is 11.6. The van der Waals surface area contributed by atoms with Crippen molar-refractivity contribution in [3.05, 3.63) is 27.7 Å². The third-order valence-corrected chi connectivity index (χ3v) is 6.31.